The Morgan fingerprint density at radius 2 is 0.814 bits per heavy atom. The lowest BCUT2D eigenvalue weighted by molar-refractivity contribution is 0.0386. The van der Waals surface area contributed by atoms with Gasteiger partial charge in [-0.05, 0) is 84.9 Å². The summed E-state index contributed by atoms with van der Waals surface area (Å²) >= 11 is 11.6. The molecule has 0 aliphatic carbocycles. The molecule has 4 aromatic carbocycles. The van der Waals surface area contributed by atoms with Crippen molar-refractivity contribution in [1.82, 2.24) is 0 Å². The van der Waals surface area contributed by atoms with Gasteiger partial charge in [-0.1, -0.05) is 23.2 Å². The van der Waals surface area contributed by atoms with Gasteiger partial charge in [0.25, 0.3) is 0 Å². The molecule has 2 N–H and O–H groups in total. The molecule has 0 bridgehead atoms. The Hall–Kier alpha value is -5.52. The molecule has 43 heavy (non-hydrogen) atoms. The molecule has 0 unspecified atom stereocenters. The van der Waals surface area contributed by atoms with Crippen LogP contribution in [-0.2, 0) is 4.74 Å². The quantitative estimate of drug-likeness (QED) is 0.138. The summed E-state index contributed by atoms with van der Waals surface area (Å²) in [6.45, 7) is 0. The molecule has 13 heteroatoms. The molecule has 0 aliphatic rings. The van der Waals surface area contributed by atoms with Crippen molar-refractivity contribution in [2.75, 3.05) is 0 Å². The van der Waals surface area contributed by atoms with Crippen molar-refractivity contribution in [2.24, 2.45) is 0 Å². The van der Waals surface area contributed by atoms with Crippen LogP contribution in [0.1, 0.15) is 62.1 Å². The number of halogens is 2. The van der Waals surface area contributed by atoms with Gasteiger partial charge in [-0.25, -0.2) is 28.8 Å². The van der Waals surface area contributed by atoms with E-state index in [1.807, 2.05) is 0 Å². The van der Waals surface area contributed by atoms with E-state index in [9.17, 15) is 39.0 Å². The smallest absolute Gasteiger partial charge is 0.346 e. The van der Waals surface area contributed by atoms with Crippen LogP contribution < -0.4 is 9.47 Å². The molecule has 216 valence electrons. The van der Waals surface area contributed by atoms with E-state index in [1.54, 1.807) is 0 Å². The Morgan fingerprint density at radius 3 is 1.14 bits per heavy atom. The fourth-order valence-corrected chi connectivity index (χ4v) is 3.83. The lowest BCUT2D eigenvalue weighted by Gasteiger charge is -2.11. The number of hydrogen-bond donors (Lipinski definition) is 2. The van der Waals surface area contributed by atoms with Crippen molar-refractivity contribution in [3.8, 4) is 11.5 Å². The third kappa shape index (κ3) is 7.41. The highest BCUT2D eigenvalue weighted by Gasteiger charge is 2.26. The van der Waals surface area contributed by atoms with Crippen LogP contribution in [0.2, 0.25) is 10.0 Å². The molecule has 0 amide bonds. The molecule has 0 aliphatic heterocycles. The fourth-order valence-electron chi connectivity index (χ4n) is 3.58. The first-order valence-corrected chi connectivity index (χ1v) is 12.6. The summed E-state index contributed by atoms with van der Waals surface area (Å²) in [6, 6.07) is 17.3. The fraction of sp³-hybridized carbons (Fsp3) is 0. The van der Waals surface area contributed by atoms with E-state index in [1.165, 1.54) is 48.5 Å². The maximum atomic E-state index is 12.8. The Labute approximate surface area is 251 Å². The second-order valence-corrected chi connectivity index (χ2v) is 9.37. The van der Waals surface area contributed by atoms with E-state index in [0.717, 1.165) is 36.4 Å². The molecular formula is C30H16Cl2O11. The number of carbonyl (C=O) groups is 6. The number of esters is 4. The summed E-state index contributed by atoms with van der Waals surface area (Å²) < 4.78 is 15.1. The minimum absolute atomic E-state index is 0.121. The Morgan fingerprint density at radius 1 is 0.465 bits per heavy atom. The van der Waals surface area contributed by atoms with Gasteiger partial charge in [0.1, 0.15) is 11.5 Å². The van der Waals surface area contributed by atoms with Gasteiger partial charge in [0.05, 0.1) is 33.4 Å². The standard InChI is InChI=1S/C30H16Cl2O11/c31-17-5-1-15(2-6-17)27(37)41-19-9-11-21(23(13-19)25(33)34)29(39)43-30(40)22-12-10-20(14-24(22)26(35)36)42-28(38)16-3-7-18(32)8-4-16/h1-14H,(H,33,34)(H,35,36). The third-order valence-corrected chi connectivity index (χ3v) is 6.15. The van der Waals surface area contributed by atoms with E-state index in [-0.39, 0.29) is 22.6 Å². The molecular weight excluding hydrogens is 607 g/mol. The highest BCUT2D eigenvalue weighted by atomic mass is 35.5. The molecule has 0 radical (unpaired) electrons. The number of ether oxygens (including phenoxy) is 3. The summed E-state index contributed by atoms with van der Waals surface area (Å²) in [5.74, 6) is -8.18. The molecule has 0 spiro atoms. The zero-order valence-corrected chi connectivity index (χ0v) is 22.9. The van der Waals surface area contributed by atoms with E-state index >= 15 is 0 Å². The lowest BCUT2D eigenvalue weighted by Crippen LogP contribution is -2.19. The summed E-state index contributed by atoms with van der Waals surface area (Å²) in [5, 5.41) is 20.0. The Kier molecular flexibility index (Phi) is 9.19. The lowest BCUT2D eigenvalue weighted by atomic mass is 10.1. The zero-order chi connectivity index (χ0) is 31.3. The molecule has 0 heterocycles. The van der Waals surface area contributed by atoms with Crippen molar-refractivity contribution >= 4 is 59.0 Å². The number of carboxylic acid groups (broad SMARTS) is 2. The molecule has 0 saturated heterocycles. The summed E-state index contributed by atoms with van der Waals surface area (Å²) in [4.78, 5) is 73.9. The molecule has 0 aromatic heterocycles. The van der Waals surface area contributed by atoms with Crippen LogP contribution in [0.3, 0.4) is 0 Å². The second-order valence-electron chi connectivity index (χ2n) is 8.49. The monoisotopic (exact) mass is 622 g/mol. The maximum absolute atomic E-state index is 12.8. The van der Waals surface area contributed by atoms with Crippen LogP contribution in [0.4, 0.5) is 0 Å². The van der Waals surface area contributed by atoms with Crippen LogP contribution in [0, 0.1) is 0 Å². The van der Waals surface area contributed by atoms with Crippen LogP contribution in [0.25, 0.3) is 0 Å². The van der Waals surface area contributed by atoms with Crippen LogP contribution in [-0.4, -0.2) is 46.0 Å². The summed E-state index contributed by atoms with van der Waals surface area (Å²) in [5.41, 5.74) is -2.26. The van der Waals surface area contributed by atoms with Gasteiger partial charge >= 0.3 is 35.8 Å². The van der Waals surface area contributed by atoms with Gasteiger partial charge in [-0.2, -0.15) is 0 Å². The van der Waals surface area contributed by atoms with Crippen molar-refractivity contribution < 1.29 is 53.2 Å². The first kappa shape index (κ1) is 30.4. The topological polar surface area (TPSA) is 171 Å². The number of rotatable bonds is 8. The Balaban J connectivity index is 1.52. The number of carbonyl (C=O) groups excluding carboxylic acids is 4. The highest BCUT2D eigenvalue weighted by Crippen LogP contribution is 2.24. The van der Waals surface area contributed by atoms with Crippen LogP contribution in [0.5, 0.6) is 11.5 Å². The van der Waals surface area contributed by atoms with Crippen molar-refractivity contribution in [3.05, 3.63) is 128 Å². The number of benzene rings is 4. The molecule has 0 saturated carbocycles. The van der Waals surface area contributed by atoms with Gasteiger partial charge in [0, 0.05) is 10.0 Å². The van der Waals surface area contributed by atoms with Crippen molar-refractivity contribution in [3.63, 3.8) is 0 Å². The first-order valence-electron chi connectivity index (χ1n) is 11.9. The van der Waals surface area contributed by atoms with E-state index in [4.69, 9.17) is 37.4 Å². The highest BCUT2D eigenvalue weighted by molar-refractivity contribution is 6.31. The Bertz CT molecular complexity index is 1650. The van der Waals surface area contributed by atoms with Crippen molar-refractivity contribution in [2.45, 2.75) is 0 Å². The maximum Gasteiger partial charge on any atom is 0.346 e. The van der Waals surface area contributed by atoms with Crippen molar-refractivity contribution in [1.29, 1.82) is 0 Å². The molecule has 11 nitrogen and oxygen atoms in total. The average Bonchev–Trinajstić information content (AvgIpc) is 2.97. The number of aromatic carboxylic acids is 2. The predicted octanol–water partition coefficient (Wildman–Crippen LogP) is 5.83. The van der Waals surface area contributed by atoms with Gasteiger partial charge < -0.3 is 24.4 Å². The van der Waals surface area contributed by atoms with Crippen LogP contribution in [0.15, 0.2) is 84.9 Å². The summed E-state index contributed by atoms with van der Waals surface area (Å²) in [7, 11) is 0. The first-order chi connectivity index (χ1) is 20.4. The van der Waals surface area contributed by atoms with Crippen LogP contribution >= 0.6 is 23.2 Å². The number of hydrogen-bond acceptors (Lipinski definition) is 9. The largest absolute Gasteiger partial charge is 0.478 e. The van der Waals surface area contributed by atoms with E-state index in [2.05, 4.69) is 0 Å². The van der Waals surface area contributed by atoms with Gasteiger partial charge in [-0.15, -0.1) is 0 Å². The zero-order valence-electron chi connectivity index (χ0n) is 21.4. The summed E-state index contributed by atoms with van der Waals surface area (Å²) in [6.07, 6.45) is 0. The molecule has 0 fully saturated rings. The third-order valence-electron chi connectivity index (χ3n) is 5.65. The average molecular weight is 623 g/mol. The molecule has 4 rings (SSSR count). The SMILES string of the molecule is O=C(Oc1ccc(C(=O)OC(=O)c2ccc(OC(=O)c3ccc(Cl)cc3)cc2C(=O)O)c(C(=O)O)c1)c1ccc(Cl)cc1. The second kappa shape index (κ2) is 13.0. The van der Waals surface area contributed by atoms with E-state index in [0.29, 0.717) is 10.0 Å². The molecule has 0 atom stereocenters. The minimum Gasteiger partial charge on any atom is -0.478 e. The van der Waals surface area contributed by atoms with Gasteiger partial charge in [-0.3, -0.25) is 0 Å². The van der Waals surface area contributed by atoms with Gasteiger partial charge in [0.15, 0.2) is 0 Å². The number of carboxylic acids is 2. The normalized spacial score (nSPS) is 10.4. The minimum atomic E-state index is -1.61. The molecule has 4 aromatic rings. The predicted molar refractivity (Wildman–Crippen MR) is 149 cm³/mol. The van der Waals surface area contributed by atoms with Gasteiger partial charge in [0.2, 0.25) is 0 Å². The van der Waals surface area contributed by atoms with E-state index < -0.39 is 58.1 Å².